The minimum Gasteiger partial charge on any atom is -0.368 e. The summed E-state index contributed by atoms with van der Waals surface area (Å²) in [6.45, 7) is 5.29. The van der Waals surface area contributed by atoms with E-state index in [4.69, 9.17) is 5.73 Å². The summed E-state index contributed by atoms with van der Waals surface area (Å²) in [5.41, 5.74) is 9.20. The number of aromatic nitrogens is 2. The second-order valence-corrected chi connectivity index (χ2v) is 6.71. The molecule has 2 aliphatic heterocycles. The monoisotopic (exact) mass is 309 g/mol. The van der Waals surface area contributed by atoms with Crippen molar-refractivity contribution in [3.05, 3.63) is 35.9 Å². The molecule has 1 aromatic heterocycles. The number of aryl methyl sites for hydroxylation is 1. The van der Waals surface area contributed by atoms with Gasteiger partial charge >= 0.3 is 0 Å². The van der Waals surface area contributed by atoms with E-state index in [2.05, 4.69) is 57.4 Å². The number of hydrogen-bond donors (Lipinski definition) is 2. The number of hydrogen-bond acceptors (Lipinski definition) is 5. The van der Waals surface area contributed by atoms with E-state index in [1.807, 2.05) is 0 Å². The van der Waals surface area contributed by atoms with Crippen LogP contribution in [0.3, 0.4) is 0 Å². The Hall–Kier alpha value is -2.14. The molecule has 0 saturated carbocycles. The first kappa shape index (κ1) is 14.5. The summed E-state index contributed by atoms with van der Waals surface area (Å²) < 4.78 is 0. The van der Waals surface area contributed by atoms with E-state index in [0.717, 1.165) is 42.6 Å². The van der Waals surface area contributed by atoms with Crippen molar-refractivity contribution in [1.82, 2.24) is 15.3 Å². The lowest BCUT2D eigenvalue weighted by molar-refractivity contribution is 0.340. The molecule has 23 heavy (non-hydrogen) atoms. The highest BCUT2D eigenvalue weighted by Crippen LogP contribution is 2.30. The number of nitrogens with one attached hydrogen (secondary N) is 1. The van der Waals surface area contributed by atoms with Crippen molar-refractivity contribution in [2.24, 2.45) is 5.92 Å². The van der Waals surface area contributed by atoms with E-state index in [9.17, 15) is 0 Å². The van der Waals surface area contributed by atoms with Gasteiger partial charge in [-0.25, -0.2) is 4.98 Å². The molecule has 120 valence electrons. The van der Waals surface area contributed by atoms with Gasteiger partial charge in [0.1, 0.15) is 5.82 Å². The van der Waals surface area contributed by atoms with E-state index < -0.39 is 0 Å². The second kappa shape index (κ2) is 5.81. The van der Waals surface area contributed by atoms with Crippen molar-refractivity contribution in [1.29, 1.82) is 0 Å². The summed E-state index contributed by atoms with van der Waals surface area (Å²) in [6, 6.07) is 11.0. The van der Waals surface area contributed by atoms with E-state index in [1.165, 1.54) is 18.4 Å². The molecule has 2 unspecified atom stereocenters. The molecule has 5 nitrogen and oxygen atoms in total. The number of nitrogens with zero attached hydrogens (tertiary/aromatic N) is 3. The molecule has 1 aromatic carbocycles. The molecular formula is C18H23N5. The van der Waals surface area contributed by atoms with Gasteiger partial charge in [-0.2, -0.15) is 4.98 Å². The number of benzene rings is 1. The highest BCUT2D eigenvalue weighted by molar-refractivity contribution is 5.65. The van der Waals surface area contributed by atoms with Crippen LogP contribution in [-0.2, 0) is 0 Å². The van der Waals surface area contributed by atoms with Gasteiger partial charge in [0.25, 0.3) is 0 Å². The predicted octanol–water partition coefficient (Wildman–Crippen LogP) is 2.22. The van der Waals surface area contributed by atoms with E-state index in [-0.39, 0.29) is 0 Å². The maximum absolute atomic E-state index is 5.98. The topological polar surface area (TPSA) is 67.1 Å². The van der Waals surface area contributed by atoms with Crippen molar-refractivity contribution in [2.75, 3.05) is 30.3 Å². The summed E-state index contributed by atoms with van der Waals surface area (Å²) >= 11 is 0. The third kappa shape index (κ3) is 2.88. The van der Waals surface area contributed by atoms with Crippen LogP contribution in [0.25, 0.3) is 11.3 Å². The van der Waals surface area contributed by atoms with Crippen LogP contribution in [0.5, 0.6) is 0 Å². The molecule has 5 heteroatoms. The van der Waals surface area contributed by atoms with Crippen LogP contribution in [0.15, 0.2) is 30.3 Å². The Bertz CT molecular complexity index is 700. The van der Waals surface area contributed by atoms with Crippen LogP contribution < -0.4 is 16.0 Å². The second-order valence-electron chi connectivity index (χ2n) is 6.71. The maximum Gasteiger partial charge on any atom is 0.222 e. The van der Waals surface area contributed by atoms with Crippen molar-refractivity contribution >= 4 is 11.8 Å². The standard InChI is InChI=1S/C18H23N5/c1-12-4-2-5-13(8-12)15-9-17(22-18(19)21-15)23-10-14-6-3-7-20-16(14)11-23/h2,4-5,8-9,14,16,20H,3,6-7,10-11H2,1H3,(H2,19,21,22). The highest BCUT2D eigenvalue weighted by Gasteiger charge is 2.35. The van der Waals surface area contributed by atoms with Crippen LogP contribution >= 0.6 is 0 Å². The normalized spacial score (nSPS) is 23.8. The SMILES string of the molecule is Cc1cccc(-c2cc(N3CC4CCCNC4C3)nc(N)n2)c1. The predicted molar refractivity (Wildman–Crippen MR) is 93.3 cm³/mol. The van der Waals surface area contributed by atoms with Gasteiger partial charge in [0.15, 0.2) is 0 Å². The zero-order valence-corrected chi connectivity index (χ0v) is 13.5. The Labute approximate surface area is 136 Å². The molecule has 0 amide bonds. The quantitative estimate of drug-likeness (QED) is 0.890. The average molecular weight is 309 g/mol. The Morgan fingerprint density at radius 3 is 2.96 bits per heavy atom. The molecule has 2 aliphatic rings. The van der Waals surface area contributed by atoms with Crippen molar-refractivity contribution in [3.63, 3.8) is 0 Å². The maximum atomic E-state index is 5.98. The molecule has 0 spiro atoms. The van der Waals surface area contributed by atoms with Gasteiger partial charge < -0.3 is 16.0 Å². The first-order valence-electron chi connectivity index (χ1n) is 8.39. The number of rotatable bonds is 2. The number of piperidine rings is 1. The summed E-state index contributed by atoms with van der Waals surface area (Å²) in [5, 5.41) is 3.63. The molecule has 2 aromatic rings. The lowest BCUT2D eigenvalue weighted by Gasteiger charge is -2.24. The van der Waals surface area contributed by atoms with Crippen LogP contribution in [0.2, 0.25) is 0 Å². The molecule has 3 N–H and O–H groups in total. The van der Waals surface area contributed by atoms with E-state index >= 15 is 0 Å². The van der Waals surface area contributed by atoms with Crippen molar-refractivity contribution < 1.29 is 0 Å². The smallest absolute Gasteiger partial charge is 0.222 e. The number of fused-ring (bicyclic) bond motifs is 1. The fourth-order valence-electron chi connectivity index (χ4n) is 3.80. The molecular weight excluding hydrogens is 286 g/mol. The van der Waals surface area contributed by atoms with Gasteiger partial charge in [0.05, 0.1) is 5.69 Å². The number of nitrogens with two attached hydrogens (primary N) is 1. The van der Waals surface area contributed by atoms with Crippen molar-refractivity contribution in [2.45, 2.75) is 25.8 Å². The molecule has 4 rings (SSSR count). The Morgan fingerprint density at radius 2 is 2.13 bits per heavy atom. The van der Waals surface area contributed by atoms with Gasteiger partial charge in [0, 0.05) is 30.8 Å². The molecule has 0 bridgehead atoms. The zero-order valence-electron chi connectivity index (χ0n) is 13.5. The first-order chi connectivity index (χ1) is 11.2. The lowest BCUT2D eigenvalue weighted by Crippen LogP contribution is -2.40. The molecule has 2 fully saturated rings. The van der Waals surface area contributed by atoms with Crippen molar-refractivity contribution in [3.8, 4) is 11.3 Å². The van der Waals surface area contributed by atoms with Gasteiger partial charge in [-0.05, 0) is 38.3 Å². The van der Waals surface area contributed by atoms with Crippen LogP contribution in [0.4, 0.5) is 11.8 Å². The third-order valence-corrected chi connectivity index (χ3v) is 4.97. The van der Waals surface area contributed by atoms with Gasteiger partial charge in [-0.3, -0.25) is 0 Å². The molecule has 0 aliphatic carbocycles. The largest absolute Gasteiger partial charge is 0.368 e. The van der Waals surface area contributed by atoms with Crippen LogP contribution in [0.1, 0.15) is 18.4 Å². The van der Waals surface area contributed by atoms with E-state index in [1.54, 1.807) is 0 Å². The highest BCUT2D eigenvalue weighted by atomic mass is 15.3. The number of anilines is 2. The third-order valence-electron chi connectivity index (χ3n) is 4.97. The Kier molecular flexibility index (Phi) is 3.65. The first-order valence-corrected chi connectivity index (χ1v) is 8.39. The summed E-state index contributed by atoms with van der Waals surface area (Å²) in [4.78, 5) is 11.3. The molecule has 2 atom stereocenters. The van der Waals surface area contributed by atoms with Crippen LogP contribution in [0, 0.1) is 12.8 Å². The fourth-order valence-corrected chi connectivity index (χ4v) is 3.80. The van der Waals surface area contributed by atoms with Gasteiger partial charge in [-0.15, -0.1) is 0 Å². The van der Waals surface area contributed by atoms with Gasteiger partial charge in [0.2, 0.25) is 5.95 Å². The average Bonchev–Trinajstić information content (AvgIpc) is 2.98. The minimum absolute atomic E-state index is 0.349. The summed E-state index contributed by atoms with van der Waals surface area (Å²) in [6.07, 6.45) is 2.58. The van der Waals surface area contributed by atoms with Gasteiger partial charge in [-0.1, -0.05) is 23.8 Å². The summed E-state index contributed by atoms with van der Waals surface area (Å²) in [7, 11) is 0. The summed E-state index contributed by atoms with van der Waals surface area (Å²) in [5.74, 6) is 2.02. The van der Waals surface area contributed by atoms with Crippen LogP contribution in [-0.4, -0.2) is 35.6 Å². The molecule has 2 saturated heterocycles. The van der Waals surface area contributed by atoms with E-state index in [0.29, 0.717) is 12.0 Å². The molecule has 3 heterocycles. The Balaban J connectivity index is 1.65. The Morgan fingerprint density at radius 1 is 1.22 bits per heavy atom. The number of nitrogen functional groups attached to an aromatic ring is 1. The molecule has 0 radical (unpaired) electrons. The zero-order chi connectivity index (χ0) is 15.8. The fraction of sp³-hybridized carbons (Fsp3) is 0.444. The minimum atomic E-state index is 0.349. The lowest BCUT2D eigenvalue weighted by atomic mass is 9.94.